The quantitative estimate of drug-likeness (QED) is 0.554. The fourth-order valence-electron chi connectivity index (χ4n) is 3.65. The van der Waals surface area contributed by atoms with Crippen LogP contribution in [0, 0.1) is 6.92 Å². The van der Waals surface area contributed by atoms with Gasteiger partial charge in [-0.15, -0.1) is 0 Å². The number of hydrogen-bond acceptors (Lipinski definition) is 5. The highest BCUT2D eigenvalue weighted by Crippen LogP contribution is 2.27. The van der Waals surface area contributed by atoms with Gasteiger partial charge in [-0.3, -0.25) is 4.79 Å². The van der Waals surface area contributed by atoms with Crippen LogP contribution >= 0.6 is 0 Å². The third kappa shape index (κ3) is 5.14. The number of hydrogen-bond donors (Lipinski definition) is 0. The van der Waals surface area contributed by atoms with Crippen LogP contribution in [0.3, 0.4) is 0 Å². The number of aryl methyl sites for hydroxylation is 1. The molecule has 0 radical (unpaired) electrons. The number of para-hydroxylation sites is 2. The number of methoxy groups -OCH3 is 1. The Balaban J connectivity index is 2.04. The lowest BCUT2D eigenvalue weighted by molar-refractivity contribution is 0.0729. The lowest BCUT2D eigenvalue weighted by Gasteiger charge is -2.27. The Morgan fingerprint density at radius 2 is 1.74 bits per heavy atom. The number of pyridine rings is 1. The number of rotatable bonds is 8. The molecule has 2 aromatic carbocycles. The van der Waals surface area contributed by atoms with E-state index >= 15 is 0 Å². The highest BCUT2D eigenvalue weighted by molar-refractivity contribution is 5.97. The number of anilines is 1. The minimum atomic E-state index is -0.0478. The van der Waals surface area contributed by atoms with Crippen molar-refractivity contribution in [3.63, 3.8) is 0 Å². The van der Waals surface area contributed by atoms with Gasteiger partial charge in [0.05, 0.1) is 18.2 Å². The van der Waals surface area contributed by atoms with Crippen molar-refractivity contribution in [1.29, 1.82) is 0 Å². The van der Waals surface area contributed by atoms with Gasteiger partial charge in [0.15, 0.2) is 0 Å². The van der Waals surface area contributed by atoms with Crippen molar-refractivity contribution in [2.75, 3.05) is 53.3 Å². The second-order valence-corrected chi connectivity index (χ2v) is 8.24. The van der Waals surface area contributed by atoms with E-state index in [0.29, 0.717) is 24.4 Å². The summed E-state index contributed by atoms with van der Waals surface area (Å²) < 4.78 is 5.45. The second-order valence-electron chi connectivity index (χ2n) is 8.24. The maximum Gasteiger partial charge on any atom is 0.257 e. The smallest absolute Gasteiger partial charge is 0.257 e. The number of benzene rings is 2. The molecular formula is C25H32N4O2. The Bertz CT molecular complexity index is 1060. The number of carbonyl (C=O) groups is 1. The summed E-state index contributed by atoms with van der Waals surface area (Å²) >= 11 is 0. The Hall–Kier alpha value is -3.12. The molecule has 164 valence electrons. The first-order chi connectivity index (χ1) is 14.8. The monoisotopic (exact) mass is 420 g/mol. The second kappa shape index (κ2) is 9.79. The number of fused-ring (bicyclic) bond motifs is 1. The molecule has 0 atom stereocenters. The third-order valence-corrected chi connectivity index (χ3v) is 5.33. The number of nitrogens with zero attached hydrogens (tertiary/aromatic N) is 4. The Morgan fingerprint density at radius 1 is 1.00 bits per heavy atom. The Kier molecular flexibility index (Phi) is 7.13. The summed E-state index contributed by atoms with van der Waals surface area (Å²) in [5, 5.41) is 1.08. The van der Waals surface area contributed by atoms with E-state index in [1.807, 2.05) is 68.3 Å². The van der Waals surface area contributed by atoms with E-state index in [1.165, 1.54) is 0 Å². The zero-order valence-electron chi connectivity index (χ0n) is 19.3. The SMILES string of the molecule is COc1ccccc1C(=O)N(CCN(C)C)Cc1cc2cccc(C)c2nc1N(C)C. The van der Waals surface area contributed by atoms with Gasteiger partial charge in [-0.2, -0.15) is 0 Å². The molecule has 6 nitrogen and oxygen atoms in total. The summed E-state index contributed by atoms with van der Waals surface area (Å²) in [6.07, 6.45) is 0. The predicted molar refractivity (Wildman–Crippen MR) is 127 cm³/mol. The van der Waals surface area contributed by atoms with Crippen molar-refractivity contribution < 1.29 is 9.53 Å². The van der Waals surface area contributed by atoms with Crippen molar-refractivity contribution >= 4 is 22.6 Å². The minimum Gasteiger partial charge on any atom is -0.496 e. The first kappa shape index (κ1) is 22.6. The molecule has 0 unspecified atom stereocenters. The van der Waals surface area contributed by atoms with E-state index in [9.17, 15) is 4.79 Å². The van der Waals surface area contributed by atoms with Crippen molar-refractivity contribution in [3.8, 4) is 5.75 Å². The molecule has 1 heterocycles. The van der Waals surface area contributed by atoms with Gasteiger partial charge in [0, 0.05) is 44.7 Å². The zero-order chi connectivity index (χ0) is 22.5. The Morgan fingerprint density at radius 3 is 2.42 bits per heavy atom. The first-order valence-electron chi connectivity index (χ1n) is 10.5. The number of carbonyl (C=O) groups excluding carboxylic acids is 1. The normalized spacial score (nSPS) is 11.1. The molecule has 0 aliphatic heterocycles. The summed E-state index contributed by atoms with van der Waals surface area (Å²) in [7, 11) is 9.59. The molecule has 6 heteroatoms. The van der Waals surface area contributed by atoms with E-state index < -0.39 is 0 Å². The lowest BCUT2D eigenvalue weighted by atomic mass is 10.1. The summed E-state index contributed by atoms with van der Waals surface area (Å²) in [6, 6.07) is 15.7. The maximum absolute atomic E-state index is 13.5. The van der Waals surface area contributed by atoms with E-state index in [1.54, 1.807) is 7.11 Å². The molecule has 0 bridgehead atoms. The van der Waals surface area contributed by atoms with Crippen LogP contribution in [0.5, 0.6) is 5.75 Å². The molecular weight excluding hydrogens is 388 g/mol. The molecule has 0 spiro atoms. The van der Waals surface area contributed by atoms with Crippen LogP contribution in [0.1, 0.15) is 21.5 Å². The van der Waals surface area contributed by atoms with Gasteiger partial charge in [0.25, 0.3) is 5.91 Å². The van der Waals surface area contributed by atoms with Crippen LogP contribution < -0.4 is 9.64 Å². The topological polar surface area (TPSA) is 48.9 Å². The van der Waals surface area contributed by atoms with Crippen molar-refractivity contribution in [2.24, 2.45) is 0 Å². The van der Waals surface area contributed by atoms with Crippen molar-refractivity contribution in [3.05, 3.63) is 65.2 Å². The first-order valence-corrected chi connectivity index (χ1v) is 10.5. The van der Waals surface area contributed by atoms with Crippen LogP contribution in [0.2, 0.25) is 0 Å². The zero-order valence-corrected chi connectivity index (χ0v) is 19.3. The molecule has 3 aromatic rings. The Labute approximate surface area is 185 Å². The maximum atomic E-state index is 13.5. The largest absolute Gasteiger partial charge is 0.496 e. The van der Waals surface area contributed by atoms with Gasteiger partial charge in [-0.05, 0) is 44.8 Å². The van der Waals surface area contributed by atoms with Gasteiger partial charge in [-0.25, -0.2) is 4.98 Å². The minimum absolute atomic E-state index is 0.0478. The van der Waals surface area contributed by atoms with Crippen LogP contribution in [-0.4, -0.2) is 69.1 Å². The number of likely N-dealkylation sites (N-methyl/N-ethyl adjacent to an activating group) is 1. The molecule has 0 fully saturated rings. The fraction of sp³-hybridized carbons (Fsp3) is 0.360. The highest BCUT2D eigenvalue weighted by Gasteiger charge is 2.22. The fourth-order valence-corrected chi connectivity index (χ4v) is 3.65. The molecule has 31 heavy (non-hydrogen) atoms. The highest BCUT2D eigenvalue weighted by atomic mass is 16.5. The van der Waals surface area contributed by atoms with E-state index in [4.69, 9.17) is 9.72 Å². The van der Waals surface area contributed by atoms with E-state index in [-0.39, 0.29) is 5.91 Å². The van der Waals surface area contributed by atoms with Gasteiger partial charge in [-0.1, -0.05) is 30.3 Å². The third-order valence-electron chi connectivity index (χ3n) is 5.33. The molecule has 0 saturated carbocycles. The van der Waals surface area contributed by atoms with Gasteiger partial charge in [0.2, 0.25) is 0 Å². The lowest BCUT2D eigenvalue weighted by Crippen LogP contribution is -2.37. The van der Waals surface area contributed by atoms with Gasteiger partial charge >= 0.3 is 0 Å². The van der Waals surface area contributed by atoms with Crippen LogP contribution in [0.25, 0.3) is 10.9 Å². The number of ether oxygens (including phenoxy) is 1. The molecule has 0 aliphatic rings. The number of amides is 1. The summed E-state index contributed by atoms with van der Waals surface area (Å²) in [5.41, 5.74) is 3.72. The average molecular weight is 421 g/mol. The molecule has 3 rings (SSSR count). The summed E-state index contributed by atoms with van der Waals surface area (Å²) in [6.45, 7) is 3.90. The molecule has 1 aromatic heterocycles. The van der Waals surface area contributed by atoms with E-state index in [0.717, 1.165) is 34.4 Å². The molecule has 0 saturated heterocycles. The molecule has 0 N–H and O–H groups in total. The standard InChI is InChI=1S/C25H32N4O2/c1-18-10-9-11-19-16-20(24(28(4)5)26-23(18)19)17-29(15-14-27(2)3)25(30)21-12-7-8-13-22(21)31-6/h7-13,16H,14-15,17H2,1-6H3. The van der Waals surface area contributed by atoms with Crippen LogP contribution in [0.4, 0.5) is 5.82 Å². The van der Waals surface area contributed by atoms with Gasteiger partial charge < -0.3 is 19.4 Å². The van der Waals surface area contributed by atoms with E-state index in [2.05, 4.69) is 30.0 Å². The van der Waals surface area contributed by atoms with Crippen molar-refractivity contribution in [1.82, 2.24) is 14.8 Å². The van der Waals surface area contributed by atoms with Crippen molar-refractivity contribution in [2.45, 2.75) is 13.5 Å². The molecule has 0 aliphatic carbocycles. The average Bonchev–Trinajstić information content (AvgIpc) is 2.75. The number of aromatic nitrogens is 1. The van der Waals surface area contributed by atoms with Crippen LogP contribution in [0.15, 0.2) is 48.5 Å². The molecule has 1 amide bonds. The summed E-state index contributed by atoms with van der Waals surface area (Å²) in [5.74, 6) is 1.42. The summed E-state index contributed by atoms with van der Waals surface area (Å²) in [4.78, 5) is 24.4. The van der Waals surface area contributed by atoms with Crippen LogP contribution in [-0.2, 0) is 6.54 Å². The van der Waals surface area contributed by atoms with Gasteiger partial charge in [0.1, 0.15) is 11.6 Å². The predicted octanol–water partition coefficient (Wildman–Crippen LogP) is 3.82.